The molecule has 102 valence electrons. The average molecular weight is 250 g/mol. The monoisotopic (exact) mass is 250 g/mol. The summed E-state index contributed by atoms with van der Waals surface area (Å²) in [6.07, 6.45) is 11.4. The second kappa shape index (κ2) is 6.37. The number of nitrogens with zero attached hydrogens (tertiary/aromatic N) is 1. The minimum absolute atomic E-state index is 0.188. The van der Waals surface area contributed by atoms with E-state index in [2.05, 4.69) is 24.3 Å². The smallest absolute Gasteiger partial charge is 0.124 e. The van der Waals surface area contributed by atoms with Gasteiger partial charge >= 0.3 is 0 Å². The van der Waals surface area contributed by atoms with Gasteiger partial charge in [0.1, 0.15) is 6.26 Å². The van der Waals surface area contributed by atoms with Crippen LogP contribution >= 0.6 is 0 Å². The molecule has 0 radical (unpaired) electrons. The molecule has 1 aliphatic carbocycles. The summed E-state index contributed by atoms with van der Waals surface area (Å²) in [5.74, 6) is 0.896. The lowest BCUT2D eigenvalue weighted by atomic mass is 9.86. The van der Waals surface area contributed by atoms with Gasteiger partial charge in [-0.3, -0.25) is 0 Å². The Labute approximate surface area is 110 Å². The molecule has 0 amide bonds. The molecular weight excluding hydrogens is 224 g/mol. The zero-order valence-electron chi connectivity index (χ0n) is 11.7. The first-order chi connectivity index (χ1) is 8.66. The van der Waals surface area contributed by atoms with Gasteiger partial charge in [0.2, 0.25) is 0 Å². The molecule has 18 heavy (non-hydrogen) atoms. The second-order valence-electron chi connectivity index (χ2n) is 6.29. The zero-order valence-corrected chi connectivity index (χ0v) is 11.7. The van der Waals surface area contributed by atoms with Gasteiger partial charge in [0, 0.05) is 18.2 Å². The van der Waals surface area contributed by atoms with Crippen molar-refractivity contribution in [1.29, 1.82) is 0 Å². The lowest BCUT2D eigenvalue weighted by molar-refractivity contribution is 0.273. The van der Waals surface area contributed by atoms with Crippen LogP contribution in [0.2, 0.25) is 0 Å². The van der Waals surface area contributed by atoms with Gasteiger partial charge in [-0.1, -0.05) is 43.7 Å². The summed E-state index contributed by atoms with van der Waals surface area (Å²) in [5.41, 5.74) is 1.18. The third-order valence-corrected chi connectivity index (χ3v) is 4.01. The Balaban J connectivity index is 1.78. The molecule has 0 unspecified atom stereocenters. The number of nitrogens with one attached hydrogen (secondary N) is 1. The van der Waals surface area contributed by atoms with Crippen molar-refractivity contribution in [1.82, 2.24) is 10.5 Å². The van der Waals surface area contributed by atoms with E-state index < -0.39 is 0 Å². The molecule has 2 rings (SSSR count). The quantitative estimate of drug-likeness (QED) is 0.805. The van der Waals surface area contributed by atoms with Crippen molar-refractivity contribution in [3.05, 3.63) is 18.0 Å². The molecule has 0 saturated heterocycles. The van der Waals surface area contributed by atoms with Crippen molar-refractivity contribution < 1.29 is 4.52 Å². The number of hydrogen-bond acceptors (Lipinski definition) is 3. The van der Waals surface area contributed by atoms with E-state index in [9.17, 15) is 0 Å². The fourth-order valence-corrected chi connectivity index (χ4v) is 3.02. The van der Waals surface area contributed by atoms with Gasteiger partial charge in [-0.2, -0.15) is 0 Å². The van der Waals surface area contributed by atoms with Gasteiger partial charge < -0.3 is 9.84 Å². The highest BCUT2D eigenvalue weighted by molar-refractivity contribution is 4.96. The van der Waals surface area contributed by atoms with E-state index in [1.165, 1.54) is 44.9 Å². The highest BCUT2D eigenvalue weighted by Crippen LogP contribution is 2.29. The predicted octanol–water partition coefficient (Wildman–Crippen LogP) is 3.90. The van der Waals surface area contributed by atoms with Gasteiger partial charge in [-0.05, 0) is 26.2 Å². The number of rotatable bonds is 5. The van der Waals surface area contributed by atoms with Crippen LogP contribution in [0.25, 0.3) is 0 Å². The Kier molecular flexibility index (Phi) is 4.81. The normalized spacial score (nSPS) is 18.8. The first-order valence-corrected chi connectivity index (χ1v) is 7.30. The van der Waals surface area contributed by atoms with Crippen LogP contribution in [-0.2, 0) is 6.54 Å². The van der Waals surface area contributed by atoms with Crippen LogP contribution < -0.4 is 5.32 Å². The number of aromatic nitrogens is 1. The molecule has 1 N–H and O–H groups in total. The molecule has 0 aromatic carbocycles. The van der Waals surface area contributed by atoms with E-state index >= 15 is 0 Å². The number of hydrogen-bond donors (Lipinski definition) is 1. The third kappa shape index (κ3) is 4.45. The SMILES string of the molecule is CC(C)(CC1CCCCCC1)NCc1ccon1. The van der Waals surface area contributed by atoms with Gasteiger partial charge in [0.05, 0.1) is 5.69 Å². The van der Waals surface area contributed by atoms with E-state index in [0.717, 1.165) is 18.2 Å². The Morgan fingerprint density at radius 1 is 1.28 bits per heavy atom. The Morgan fingerprint density at radius 2 is 2.00 bits per heavy atom. The molecule has 1 heterocycles. The second-order valence-corrected chi connectivity index (χ2v) is 6.29. The minimum atomic E-state index is 0.188. The van der Waals surface area contributed by atoms with Crippen LogP contribution in [0, 0.1) is 5.92 Å². The molecule has 1 aromatic heterocycles. The molecule has 1 saturated carbocycles. The van der Waals surface area contributed by atoms with Crippen molar-refractivity contribution in [3.8, 4) is 0 Å². The highest BCUT2D eigenvalue weighted by Gasteiger charge is 2.23. The minimum Gasteiger partial charge on any atom is -0.364 e. The molecule has 3 heteroatoms. The molecule has 0 atom stereocenters. The topological polar surface area (TPSA) is 38.1 Å². The summed E-state index contributed by atoms with van der Waals surface area (Å²) in [6.45, 7) is 5.41. The molecule has 1 aromatic rings. The van der Waals surface area contributed by atoms with E-state index in [0.29, 0.717) is 0 Å². The highest BCUT2D eigenvalue weighted by atomic mass is 16.5. The van der Waals surface area contributed by atoms with E-state index in [-0.39, 0.29) is 5.54 Å². The van der Waals surface area contributed by atoms with Crippen LogP contribution in [0.15, 0.2) is 16.9 Å². The summed E-state index contributed by atoms with van der Waals surface area (Å²) in [5, 5.41) is 7.55. The molecular formula is C15H26N2O. The van der Waals surface area contributed by atoms with Crippen LogP contribution in [0.5, 0.6) is 0 Å². The van der Waals surface area contributed by atoms with Gasteiger partial charge in [0.15, 0.2) is 0 Å². The third-order valence-electron chi connectivity index (χ3n) is 4.01. The summed E-state index contributed by atoms with van der Waals surface area (Å²) < 4.78 is 4.86. The summed E-state index contributed by atoms with van der Waals surface area (Å²) in [4.78, 5) is 0. The Morgan fingerprint density at radius 3 is 2.61 bits per heavy atom. The Hall–Kier alpha value is -0.830. The van der Waals surface area contributed by atoms with Crippen molar-refractivity contribution >= 4 is 0 Å². The van der Waals surface area contributed by atoms with Crippen LogP contribution in [0.3, 0.4) is 0 Å². The van der Waals surface area contributed by atoms with Crippen molar-refractivity contribution in [2.24, 2.45) is 5.92 Å². The van der Waals surface area contributed by atoms with Crippen molar-refractivity contribution in [2.45, 2.75) is 70.9 Å². The fourth-order valence-electron chi connectivity index (χ4n) is 3.02. The van der Waals surface area contributed by atoms with E-state index in [1.807, 2.05) is 6.07 Å². The van der Waals surface area contributed by atoms with Gasteiger partial charge in [0.25, 0.3) is 0 Å². The first-order valence-electron chi connectivity index (χ1n) is 7.30. The summed E-state index contributed by atoms with van der Waals surface area (Å²) in [6, 6.07) is 1.93. The summed E-state index contributed by atoms with van der Waals surface area (Å²) >= 11 is 0. The van der Waals surface area contributed by atoms with E-state index in [1.54, 1.807) is 6.26 Å². The molecule has 3 nitrogen and oxygen atoms in total. The average Bonchev–Trinajstić information content (AvgIpc) is 2.72. The van der Waals surface area contributed by atoms with Crippen LogP contribution in [0.4, 0.5) is 0 Å². The maximum absolute atomic E-state index is 4.86. The molecule has 0 spiro atoms. The summed E-state index contributed by atoms with van der Waals surface area (Å²) in [7, 11) is 0. The maximum Gasteiger partial charge on any atom is 0.124 e. The fraction of sp³-hybridized carbons (Fsp3) is 0.800. The first kappa shape index (κ1) is 13.6. The molecule has 0 bridgehead atoms. The van der Waals surface area contributed by atoms with Gasteiger partial charge in [-0.15, -0.1) is 0 Å². The van der Waals surface area contributed by atoms with Gasteiger partial charge in [-0.25, -0.2) is 0 Å². The zero-order chi connectivity index (χ0) is 12.8. The van der Waals surface area contributed by atoms with Crippen LogP contribution in [-0.4, -0.2) is 10.7 Å². The largest absolute Gasteiger partial charge is 0.364 e. The Bertz CT molecular complexity index is 324. The molecule has 1 aliphatic rings. The lowest BCUT2D eigenvalue weighted by Gasteiger charge is -2.30. The maximum atomic E-state index is 4.86. The standard InChI is InChI=1S/C15H26N2O/c1-15(2,16-12-14-9-10-18-17-14)11-13-7-5-3-4-6-8-13/h9-10,13,16H,3-8,11-12H2,1-2H3. The predicted molar refractivity (Wildman–Crippen MR) is 73.2 cm³/mol. The molecule has 0 aliphatic heterocycles. The van der Waals surface area contributed by atoms with Crippen molar-refractivity contribution in [3.63, 3.8) is 0 Å². The molecule has 1 fully saturated rings. The van der Waals surface area contributed by atoms with Crippen LogP contribution in [0.1, 0.15) is 64.5 Å². The lowest BCUT2D eigenvalue weighted by Crippen LogP contribution is -2.40. The van der Waals surface area contributed by atoms with Crippen molar-refractivity contribution in [2.75, 3.05) is 0 Å². The van der Waals surface area contributed by atoms with E-state index in [4.69, 9.17) is 4.52 Å².